The fourth-order valence-electron chi connectivity index (χ4n) is 3.19. The minimum Gasteiger partial charge on any atom is -0.409 e. The molecular weight excluding hydrogens is 360 g/mol. The van der Waals surface area contributed by atoms with Gasteiger partial charge in [-0.05, 0) is 12.5 Å². The molecule has 1 atom stereocenters. The van der Waals surface area contributed by atoms with Gasteiger partial charge in [-0.25, -0.2) is 9.97 Å². The molecule has 0 unspecified atom stereocenters. The summed E-state index contributed by atoms with van der Waals surface area (Å²) in [4.78, 5) is 21.8. The first kappa shape index (κ1) is 17.9. The number of oxime groups is 1. The zero-order valence-corrected chi connectivity index (χ0v) is 15.3. The zero-order valence-electron chi connectivity index (χ0n) is 15.3. The molecule has 3 aromatic rings. The van der Waals surface area contributed by atoms with Gasteiger partial charge in [-0.2, -0.15) is 0 Å². The van der Waals surface area contributed by atoms with E-state index in [0.717, 1.165) is 12.0 Å². The van der Waals surface area contributed by atoms with Crippen LogP contribution in [0.4, 0.5) is 5.82 Å². The van der Waals surface area contributed by atoms with Crippen LogP contribution in [0.1, 0.15) is 12.0 Å². The lowest BCUT2D eigenvalue weighted by molar-refractivity contribution is 0.195. The van der Waals surface area contributed by atoms with Gasteiger partial charge in [0.05, 0.1) is 30.2 Å². The summed E-state index contributed by atoms with van der Waals surface area (Å²) in [6.07, 6.45) is 2.35. The number of benzene rings is 1. The summed E-state index contributed by atoms with van der Waals surface area (Å²) in [6, 6.07) is 9.01. The van der Waals surface area contributed by atoms with Crippen LogP contribution in [0.3, 0.4) is 0 Å². The molecule has 0 saturated carbocycles. The first-order valence-electron chi connectivity index (χ1n) is 8.86. The Kier molecular flexibility index (Phi) is 4.66. The highest BCUT2D eigenvalue weighted by Crippen LogP contribution is 2.26. The molecule has 0 spiro atoms. The number of ether oxygens (including phenoxy) is 1. The highest BCUT2D eigenvalue weighted by Gasteiger charge is 2.20. The molecule has 144 valence electrons. The van der Waals surface area contributed by atoms with Crippen LogP contribution in [0.5, 0.6) is 0 Å². The number of rotatable bonds is 4. The lowest BCUT2D eigenvalue weighted by Crippen LogP contribution is -2.24. The van der Waals surface area contributed by atoms with E-state index in [1.54, 1.807) is 25.2 Å². The fraction of sp³-hybridized carbons (Fsp3) is 0.263. The van der Waals surface area contributed by atoms with Crippen LogP contribution in [0, 0.1) is 0 Å². The van der Waals surface area contributed by atoms with Crippen LogP contribution in [-0.2, 0) is 11.8 Å². The van der Waals surface area contributed by atoms with Crippen molar-refractivity contribution in [2.24, 2.45) is 17.9 Å². The van der Waals surface area contributed by atoms with Crippen LogP contribution in [0.25, 0.3) is 22.2 Å². The van der Waals surface area contributed by atoms with E-state index in [4.69, 9.17) is 20.7 Å². The third kappa shape index (κ3) is 3.27. The van der Waals surface area contributed by atoms with Gasteiger partial charge < -0.3 is 25.6 Å². The van der Waals surface area contributed by atoms with Crippen LogP contribution in [-0.4, -0.2) is 44.8 Å². The molecule has 1 aromatic carbocycles. The van der Waals surface area contributed by atoms with E-state index in [1.165, 1.54) is 10.9 Å². The molecule has 0 amide bonds. The second-order valence-electron chi connectivity index (χ2n) is 6.68. The van der Waals surface area contributed by atoms with E-state index in [0.29, 0.717) is 41.2 Å². The zero-order chi connectivity index (χ0) is 19.7. The van der Waals surface area contributed by atoms with Crippen molar-refractivity contribution in [3.63, 3.8) is 0 Å². The molecule has 3 heterocycles. The quantitative estimate of drug-likeness (QED) is 0.269. The van der Waals surface area contributed by atoms with Crippen molar-refractivity contribution in [2.75, 3.05) is 18.5 Å². The average Bonchev–Trinajstić information content (AvgIpc) is 3.23. The van der Waals surface area contributed by atoms with Crippen molar-refractivity contribution in [2.45, 2.75) is 12.5 Å². The van der Waals surface area contributed by atoms with Crippen molar-refractivity contribution in [3.8, 4) is 11.3 Å². The molecular formula is C19H20N6O3. The molecule has 0 radical (unpaired) electrons. The molecule has 1 aliphatic rings. The van der Waals surface area contributed by atoms with Gasteiger partial charge in [0.25, 0.3) is 5.56 Å². The molecule has 1 saturated heterocycles. The Labute approximate surface area is 160 Å². The van der Waals surface area contributed by atoms with Crippen LogP contribution in [0.2, 0.25) is 0 Å². The summed E-state index contributed by atoms with van der Waals surface area (Å²) >= 11 is 0. The molecule has 0 aliphatic carbocycles. The van der Waals surface area contributed by atoms with Crippen LogP contribution >= 0.6 is 0 Å². The number of aryl methyl sites for hydroxylation is 1. The monoisotopic (exact) mass is 380 g/mol. The summed E-state index contributed by atoms with van der Waals surface area (Å²) in [6.45, 7) is 1.25. The molecule has 1 aliphatic heterocycles. The van der Waals surface area contributed by atoms with E-state index in [2.05, 4.69) is 15.5 Å². The standard InChI is InChI=1S/C19H20N6O3/c1-25-10-21-15-8-14(11-2-4-12(5-3-11)17(20)24-27)23-18(16(15)19(25)26)22-13-6-7-28-9-13/h2-5,8,10,13,27H,6-7,9H2,1H3,(H2,20,24)(H,22,23)/t13-/m1/s1. The Morgan fingerprint density at radius 3 is 2.86 bits per heavy atom. The van der Waals surface area contributed by atoms with Gasteiger partial charge >= 0.3 is 0 Å². The number of nitrogens with zero attached hydrogens (tertiary/aromatic N) is 4. The minimum absolute atomic E-state index is 0.0340. The maximum Gasteiger partial charge on any atom is 0.264 e. The third-order valence-electron chi connectivity index (χ3n) is 4.76. The lowest BCUT2D eigenvalue weighted by atomic mass is 10.1. The molecule has 9 heteroatoms. The van der Waals surface area contributed by atoms with Crippen molar-refractivity contribution >= 4 is 22.6 Å². The number of nitrogens with two attached hydrogens (primary N) is 1. The van der Waals surface area contributed by atoms with Crippen LogP contribution < -0.4 is 16.6 Å². The van der Waals surface area contributed by atoms with E-state index < -0.39 is 0 Å². The Hall–Kier alpha value is -3.46. The Bertz CT molecular complexity index is 1100. The van der Waals surface area contributed by atoms with Crippen molar-refractivity contribution < 1.29 is 9.94 Å². The van der Waals surface area contributed by atoms with Gasteiger partial charge in [0.2, 0.25) is 0 Å². The topological polar surface area (TPSA) is 128 Å². The number of fused-ring (bicyclic) bond motifs is 1. The van der Waals surface area contributed by atoms with E-state index in [1.807, 2.05) is 12.1 Å². The summed E-state index contributed by atoms with van der Waals surface area (Å²) < 4.78 is 6.86. The molecule has 4 N–H and O–H groups in total. The van der Waals surface area contributed by atoms with Gasteiger partial charge in [-0.3, -0.25) is 4.79 Å². The number of aromatic nitrogens is 3. The van der Waals surface area contributed by atoms with E-state index in [9.17, 15) is 4.79 Å². The number of hydrogen-bond acceptors (Lipinski definition) is 7. The number of nitrogens with one attached hydrogen (secondary N) is 1. The van der Waals surface area contributed by atoms with Crippen molar-refractivity contribution in [3.05, 3.63) is 52.6 Å². The average molecular weight is 380 g/mol. The molecule has 9 nitrogen and oxygen atoms in total. The lowest BCUT2D eigenvalue weighted by Gasteiger charge is -2.15. The van der Waals surface area contributed by atoms with Gasteiger partial charge in [0.15, 0.2) is 5.84 Å². The number of hydrogen-bond donors (Lipinski definition) is 3. The molecule has 1 fully saturated rings. The summed E-state index contributed by atoms with van der Waals surface area (Å²) in [7, 11) is 1.66. The summed E-state index contributed by atoms with van der Waals surface area (Å²) in [5.74, 6) is 0.531. The summed E-state index contributed by atoms with van der Waals surface area (Å²) in [5.41, 5.74) is 8.11. The van der Waals surface area contributed by atoms with Crippen LogP contribution in [0.15, 0.2) is 46.6 Å². The van der Waals surface area contributed by atoms with Crippen molar-refractivity contribution in [1.82, 2.24) is 14.5 Å². The number of pyridine rings is 1. The van der Waals surface area contributed by atoms with E-state index >= 15 is 0 Å². The fourth-order valence-corrected chi connectivity index (χ4v) is 3.19. The largest absolute Gasteiger partial charge is 0.409 e. The molecule has 28 heavy (non-hydrogen) atoms. The first-order valence-corrected chi connectivity index (χ1v) is 8.86. The minimum atomic E-state index is -0.159. The maximum atomic E-state index is 12.7. The van der Waals surface area contributed by atoms with Gasteiger partial charge in [-0.1, -0.05) is 29.4 Å². The molecule has 2 aromatic heterocycles. The summed E-state index contributed by atoms with van der Waals surface area (Å²) in [5, 5.41) is 15.6. The van der Waals surface area contributed by atoms with E-state index in [-0.39, 0.29) is 17.4 Å². The van der Waals surface area contributed by atoms with Crippen molar-refractivity contribution in [1.29, 1.82) is 0 Å². The predicted octanol–water partition coefficient (Wildman–Crippen LogP) is 1.29. The third-order valence-corrected chi connectivity index (χ3v) is 4.76. The highest BCUT2D eigenvalue weighted by molar-refractivity contribution is 5.97. The number of amidine groups is 1. The Morgan fingerprint density at radius 2 is 2.18 bits per heavy atom. The van der Waals surface area contributed by atoms with Gasteiger partial charge in [0.1, 0.15) is 11.2 Å². The Balaban J connectivity index is 1.83. The normalized spacial score (nSPS) is 17.2. The maximum absolute atomic E-state index is 12.7. The molecule has 0 bridgehead atoms. The first-order chi connectivity index (χ1) is 13.6. The van der Waals surface area contributed by atoms with Gasteiger partial charge in [0, 0.05) is 24.8 Å². The highest BCUT2D eigenvalue weighted by atomic mass is 16.5. The second kappa shape index (κ2) is 7.28. The second-order valence-corrected chi connectivity index (χ2v) is 6.68. The predicted molar refractivity (Wildman–Crippen MR) is 106 cm³/mol. The smallest absolute Gasteiger partial charge is 0.264 e. The number of anilines is 1. The SMILES string of the molecule is Cn1cnc2cc(-c3ccc(C(N)=NO)cc3)nc(N[C@@H]3CCOC3)c2c1=O. The van der Waals surface area contributed by atoms with Gasteiger partial charge in [-0.15, -0.1) is 0 Å². The molecule has 4 rings (SSSR count). The Morgan fingerprint density at radius 1 is 1.39 bits per heavy atom.